The summed E-state index contributed by atoms with van der Waals surface area (Å²) in [5.74, 6) is 0.903. The van der Waals surface area contributed by atoms with Gasteiger partial charge in [0, 0.05) is 11.5 Å². The van der Waals surface area contributed by atoms with Crippen molar-refractivity contribution >= 4 is 27.4 Å². The number of thiophene rings is 1. The summed E-state index contributed by atoms with van der Waals surface area (Å²) in [5, 5.41) is 4.76. The Bertz CT molecular complexity index is 812. The molecule has 2 unspecified atom stereocenters. The first-order valence-corrected chi connectivity index (χ1v) is 9.33. The highest BCUT2D eigenvalue weighted by molar-refractivity contribution is 7.18. The van der Waals surface area contributed by atoms with Crippen molar-refractivity contribution in [2.45, 2.75) is 38.3 Å². The van der Waals surface area contributed by atoms with E-state index in [2.05, 4.69) is 52.5 Å². The molecule has 3 aromatic rings. The third kappa shape index (κ3) is 3.01. The first kappa shape index (κ1) is 15.5. The molecule has 3 heterocycles. The van der Waals surface area contributed by atoms with Gasteiger partial charge in [0.1, 0.15) is 17.0 Å². The van der Waals surface area contributed by atoms with E-state index in [-0.39, 0.29) is 12.1 Å². The quantitative estimate of drug-likeness (QED) is 0.739. The summed E-state index contributed by atoms with van der Waals surface area (Å²) in [6.07, 6.45) is 5.05. The lowest BCUT2D eigenvalue weighted by Crippen LogP contribution is -2.25. The number of hydrogen-bond acceptors (Lipinski definition) is 5. The van der Waals surface area contributed by atoms with Crippen LogP contribution in [0.5, 0.6) is 0 Å². The maximum atomic E-state index is 5.98. The van der Waals surface area contributed by atoms with Gasteiger partial charge in [-0.2, -0.15) is 0 Å². The smallest absolute Gasteiger partial charge is 0.138 e. The SMILES string of the molecule is CCc1cc2c(NC(c3ccccc3)C3CCCO3)ncnc2s1. The molecule has 1 aromatic carbocycles. The lowest BCUT2D eigenvalue weighted by Gasteiger charge is -2.25. The standard InChI is InChI=1S/C19H21N3OS/c1-2-14-11-15-18(20-12-21-19(15)24-14)22-17(16-9-6-10-23-16)13-7-4-3-5-8-13/h3-5,7-8,11-12,16-17H,2,6,9-10H2,1H3,(H,20,21,22). The average Bonchev–Trinajstić information content (AvgIpc) is 3.30. The van der Waals surface area contributed by atoms with Gasteiger partial charge < -0.3 is 10.1 Å². The molecule has 2 aromatic heterocycles. The molecule has 5 heteroatoms. The van der Waals surface area contributed by atoms with Crippen molar-refractivity contribution < 1.29 is 4.74 Å². The van der Waals surface area contributed by atoms with Crippen LogP contribution in [0.4, 0.5) is 5.82 Å². The second-order valence-corrected chi connectivity index (χ2v) is 7.21. The molecule has 124 valence electrons. The minimum atomic E-state index is 0.108. The molecule has 1 N–H and O–H groups in total. The Labute approximate surface area is 145 Å². The fourth-order valence-corrected chi connectivity index (χ4v) is 4.19. The first-order valence-electron chi connectivity index (χ1n) is 8.51. The van der Waals surface area contributed by atoms with E-state index in [0.29, 0.717) is 0 Å². The maximum absolute atomic E-state index is 5.98. The van der Waals surface area contributed by atoms with Gasteiger partial charge >= 0.3 is 0 Å². The molecule has 0 saturated carbocycles. The summed E-state index contributed by atoms with van der Waals surface area (Å²) in [7, 11) is 0. The Hall–Kier alpha value is -1.98. The second-order valence-electron chi connectivity index (χ2n) is 6.09. The zero-order valence-electron chi connectivity index (χ0n) is 13.7. The second kappa shape index (κ2) is 6.87. The van der Waals surface area contributed by atoms with Gasteiger partial charge in [0.25, 0.3) is 0 Å². The van der Waals surface area contributed by atoms with Crippen molar-refractivity contribution in [2.75, 3.05) is 11.9 Å². The van der Waals surface area contributed by atoms with Crippen LogP contribution in [0.25, 0.3) is 10.2 Å². The van der Waals surface area contributed by atoms with E-state index in [1.807, 2.05) is 6.07 Å². The number of aryl methyl sites for hydroxylation is 1. The number of ether oxygens (including phenoxy) is 1. The van der Waals surface area contributed by atoms with Gasteiger partial charge in [0.2, 0.25) is 0 Å². The highest BCUT2D eigenvalue weighted by Crippen LogP contribution is 2.34. The minimum Gasteiger partial charge on any atom is -0.376 e. The van der Waals surface area contributed by atoms with E-state index < -0.39 is 0 Å². The van der Waals surface area contributed by atoms with Gasteiger partial charge in [0.15, 0.2) is 0 Å². The van der Waals surface area contributed by atoms with Crippen LogP contribution in [-0.2, 0) is 11.2 Å². The van der Waals surface area contributed by atoms with Crippen LogP contribution in [0, 0.1) is 0 Å². The van der Waals surface area contributed by atoms with E-state index in [9.17, 15) is 0 Å². The van der Waals surface area contributed by atoms with Gasteiger partial charge in [0.05, 0.1) is 17.5 Å². The molecule has 4 nitrogen and oxygen atoms in total. The molecule has 4 rings (SSSR count). The Balaban J connectivity index is 1.71. The van der Waals surface area contributed by atoms with Crippen LogP contribution < -0.4 is 5.32 Å². The van der Waals surface area contributed by atoms with Gasteiger partial charge in [-0.15, -0.1) is 11.3 Å². The Kier molecular flexibility index (Phi) is 4.45. The van der Waals surface area contributed by atoms with E-state index in [1.165, 1.54) is 10.4 Å². The van der Waals surface area contributed by atoms with Gasteiger partial charge in [-0.1, -0.05) is 37.3 Å². The van der Waals surface area contributed by atoms with Crippen molar-refractivity contribution in [1.29, 1.82) is 0 Å². The Morgan fingerprint density at radius 1 is 1.29 bits per heavy atom. The summed E-state index contributed by atoms with van der Waals surface area (Å²) in [6.45, 7) is 3.01. The number of hydrogen-bond donors (Lipinski definition) is 1. The molecule has 24 heavy (non-hydrogen) atoms. The third-order valence-corrected chi connectivity index (χ3v) is 5.70. The maximum Gasteiger partial charge on any atom is 0.138 e. The predicted molar refractivity (Wildman–Crippen MR) is 98.6 cm³/mol. The molecule has 0 amide bonds. The topological polar surface area (TPSA) is 47.0 Å². The molecule has 0 spiro atoms. The summed E-state index contributed by atoms with van der Waals surface area (Å²) >= 11 is 1.74. The summed E-state index contributed by atoms with van der Waals surface area (Å²) in [6, 6.07) is 12.8. The highest BCUT2D eigenvalue weighted by Gasteiger charge is 2.28. The zero-order chi connectivity index (χ0) is 16.4. The van der Waals surface area contributed by atoms with Crippen molar-refractivity contribution in [3.8, 4) is 0 Å². The third-order valence-electron chi connectivity index (χ3n) is 4.52. The fraction of sp³-hybridized carbons (Fsp3) is 0.368. The lowest BCUT2D eigenvalue weighted by atomic mass is 9.99. The minimum absolute atomic E-state index is 0.108. The van der Waals surface area contributed by atoms with Crippen molar-refractivity contribution in [3.05, 3.63) is 53.2 Å². The fourth-order valence-electron chi connectivity index (χ4n) is 3.26. The van der Waals surface area contributed by atoms with E-state index >= 15 is 0 Å². The highest BCUT2D eigenvalue weighted by atomic mass is 32.1. The Morgan fingerprint density at radius 3 is 2.92 bits per heavy atom. The lowest BCUT2D eigenvalue weighted by molar-refractivity contribution is 0.0953. The molecular weight excluding hydrogens is 318 g/mol. The number of nitrogens with one attached hydrogen (secondary N) is 1. The van der Waals surface area contributed by atoms with Crippen LogP contribution in [-0.4, -0.2) is 22.7 Å². The zero-order valence-corrected chi connectivity index (χ0v) is 14.6. The largest absolute Gasteiger partial charge is 0.376 e. The molecule has 1 aliphatic rings. The van der Waals surface area contributed by atoms with Crippen LogP contribution in [0.3, 0.4) is 0 Å². The first-order chi connectivity index (χ1) is 11.8. The molecular formula is C19H21N3OS. The summed E-state index contributed by atoms with van der Waals surface area (Å²) < 4.78 is 5.98. The number of nitrogens with zero attached hydrogens (tertiary/aromatic N) is 2. The van der Waals surface area contributed by atoms with Crippen LogP contribution >= 0.6 is 11.3 Å². The predicted octanol–water partition coefficient (Wildman–Crippen LogP) is 4.59. The van der Waals surface area contributed by atoms with E-state index in [1.54, 1.807) is 17.7 Å². The van der Waals surface area contributed by atoms with Crippen LogP contribution in [0.15, 0.2) is 42.7 Å². The van der Waals surface area contributed by atoms with Crippen molar-refractivity contribution in [1.82, 2.24) is 9.97 Å². The monoisotopic (exact) mass is 339 g/mol. The van der Waals surface area contributed by atoms with E-state index in [4.69, 9.17) is 4.74 Å². The number of anilines is 1. The van der Waals surface area contributed by atoms with Gasteiger partial charge in [-0.25, -0.2) is 9.97 Å². The molecule has 0 radical (unpaired) electrons. The molecule has 1 aliphatic heterocycles. The molecule has 0 bridgehead atoms. The van der Waals surface area contributed by atoms with E-state index in [0.717, 1.165) is 41.9 Å². The van der Waals surface area contributed by atoms with Crippen molar-refractivity contribution in [2.24, 2.45) is 0 Å². The van der Waals surface area contributed by atoms with Crippen molar-refractivity contribution in [3.63, 3.8) is 0 Å². The Morgan fingerprint density at radius 2 is 2.17 bits per heavy atom. The number of rotatable bonds is 5. The molecule has 2 atom stereocenters. The van der Waals surface area contributed by atoms with Gasteiger partial charge in [-0.3, -0.25) is 0 Å². The molecule has 0 aliphatic carbocycles. The van der Waals surface area contributed by atoms with Crippen LogP contribution in [0.1, 0.15) is 36.2 Å². The van der Waals surface area contributed by atoms with Crippen LogP contribution in [0.2, 0.25) is 0 Å². The number of fused-ring (bicyclic) bond motifs is 1. The summed E-state index contributed by atoms with van der Waals surface area (Å²) in [5.41, 5.74) is 1.24. The van der Waals surface area contributed by atoms with Gasteiger partial charge in [-0.05, 0) is 30.9 Å². The molecule has 1 saturated heterocycles. The molecule has 1 fully saturated rings. The number of benzene rings is 1. The average molecular weight is 339 g/mol. The number of aromatic nitrogens is 2. The summed E-state index contributed by atoms with van der Waals surface area (Å²) in [4.78, 5) is 11.3. The normalized spacial score (nSPS) is 18.8.